The summed E-state index contributed by atoms with van der Waals surface area (Å²) in [5.74, 6) is 1.03. The Morgan fingerprint density at radius 3 is 2.55 bits per heavy atom. The van der Waals surface area contributed by atoms with Crippen LogP contribution in [0.5, 0.6) is 0 Å². The van der Waals surface area contributed by atoms with E-state index in [-0.39, 0.29) is 29.4 Å². The summed E-state index contributed by atoms with van der Waals surface area (Å²) < 4.78 is 6.71. The Bertz CT molecular complexity index is 515. The van der Waals surface area contributed by atoms with E-state index in [4.69, 9.17) is 4.74 Å². The van der Waals surface area contributed by atoms with Gasteiger partial charge in [-0.05, 0) is 30.5 Å². The van der Waals surface area contributed by atoms with Crippen LogP contribution < -0.4 is 5.32 Å². The smallest absolute Gasteiger partial charge is 0.193 e. The van der Waals surface area contributed by atoms with Crippen LogP contribution in [0.25, 0.3) is 0 Å². The van der Waals surface area contributed by atoms with Gasteiger partial charge in [0.15, 0.2) is 5.96 Å². The van der Waals surface area contributed by atoms with E-state index < -0.39 is 0 Å². The number of nitrogens with zero attached hydrogens (tertiary/aromatic N) is 2. The van der Waals surface area contributed by atoms with E-state index in [1.165, 1.54) is 5.56 Å². The van der Waals surface area contributed by atoms with Crippen LogP contribution in [0.15, 0.2) is 33.7 Å². The van der Waals surface area contributed by atoms with Gasteiger partial charge < -0.3 is 15.0 Å². The molecule has 3 rings (SSSR count). The van der Waals surface area contributed by atoms with Crippen LogP contribution >= 0.6 is 39.9 Å². The van der Waals surface area contributed by atoms with Crippen molar-refractivity contribution < 1.29 is 4.74 Å². The van der Waals surface area contributed by atoms with Crippen molar-refractivity contribution in [1.82, 2.24) is 10.2 Å². The Kier molecular flexibility index (Phi) is 6.52. The third-order valence-corrected chi connectivity index (χ3v) is 5.08. The Morgan fingerprint density at radius 1 is 1.27 bits per heavy atom. The molecular weight excluding hydrogens is 457 g/mol. The Hall–Kier alpha value is -0.340. The molecule has 0 spiro atoms. The summed E-state index contributed by atoms with van der Waals surface area (Å²) in [5.41, 5.74) is 1.54. The van der Waals surface area contributed by atoms with E-state index in [2.05, 4.69) is 62.5 Å². The van der Waals surface area contributed by atoms with Gasteiger partial charge in [0.05, 0.1) is 6.54 Å². The largest absolute Gasteiger partial charge is 0.381 e. The molecule has 1 aromatic carbocycles. The quantitative estimate of drug-likeness (QED) is 0.677. The lowest BCUT2D eigenvalue weighted by Gasteiger charge is -2.38. The summed E-state index contributed by atoms with van der Waals surface area (Å²) in [4.78, 5) is 6.72. The van der Waals surface area contributed by atoms with Crippen molar-refractivity contribution in [2.24, 2.45) is 4.99 Å². The predicted octanol–water partition coefficient (Wildman–Crippen LogP) is 3.01. The van der Waals surface area contributed by atoms with Gasteiger partial charge >= 0.3 is 0 Å². The number of hydrogen-bond acceptors (Lipinski definition) is 4. The van der Waals surface area contributed by atoms with Crippen molar-refractivity contribution in [3.8, 4) is 0 Å². The minimum Gasteiger partial charge on any atom is -0.381 e. The fourth-order valence-corrected chi connectivity index (χ4v) is 3.37. The number of benzene rings is 1. The first-order valence-corrected chi connectivity index (χ1v) is 8.32. The molecule has 1 saturated heterocycles. The average Bonchev–Trinajstić information content (AvgIpc) is 2.92. The number of guanidine groups is 1. The van der Waals surface area contributed by atoms with Crippen LogP contribution in [0, 0.1) is 0 Å². The van der Waals surface area contributed by atoms with E-state index >= 15 is 0 Å². The first-order valence-electron chi connectivity index (χ1n) is 7.53. The Labute approximate surface area is 157 Å². The highest BCUT2D eigenvalue weighted by Gasteiger charge is 2.35. The van der Waals surface area contributed by atoms with Gasteiger partial charge in [-0.3, -0.25) is 4.99 Å². The molecule has 1 fully saturated rings. The van der Waals surface area contributed by atoms with Gasteiger partial charge in [-0.1, -0.05) is 28.1 Å². The van der Waals surface area contributed by atoms with Crippen molar-refractivity contribution >= 4 is 45.9 Å². The lowest BCUT2D eigenvalue weighted by Crippen LogP contribution is -2.47. The lowest BCUT2D eigenvalue weighted by molar-refractivity contribution is 0.0512. The van der Waals surface area contributed by atoms with E-state index in [0.29, 0.717) is 0 Å². The second-order valence-corrected chi connectivity index (χ2v) is 6.80. The third kappa shape index (κ3) is 3.94. The van der Waals surface area contributed by atoms with Crippen LogP contribution in [0.4, 0.5) is 0 Å². The van der Waals surface area contributed by atoms with Gasteiger partial charge in [0.2, 0.25) is 0 Å². The van der Waals surface area contributed by atoms with Gasteiger partial charge in [-0.15, -0.1) is 24.0 Å². The van der Waals surface area contributed by atoms with Crippen LogP contribution in [-0.4, -0.2) is 50.8 Å². The molecule has 122 valence electrons. The van der Waals surface area contributed by atoms with Gasteiger partial charge in [0.1, 0.15) is 0 Å². The molecule has 2 aliphatic rings. The highest BCUT2D eigenvalue weighted by atomic mass is 127. The van der Waals surface area contributed by atoms with Crippen LogP contribution in [-0.2, 0) is 10.2 Å². The van der Waals surface area contributed by atoms with Crippen molar-refractivity contribution in [3.63, 3.8) is 0 Å². The molecule has 0 aliphatic carbocycles. The van der Waals surface area contributed by atoms with Crippen LogP contribution in [0.1, 0.15) is 18.4 Å². The number of aliphatic imine (C=N–C) groups is 1. The molecular formula is C16H23BrIN3O. The standard InChI is InChI=1S/C16H22BrN3O.HI/c1-20-9-8-18-15(20)19-12-16(6-10-21-11-7-16)13-2-4-14(17)5-3-13;/h2-5H,6-12H2,1H3,(H,18,19);1H. The molecule has 0 bridgehead atoms. The summed E-state index contributed by atoms with van der Waals surface area (Å²) in [7, 11) is 2.09. The number of ether oxygens (including phenoxy) is 1. The third-order valence-electron chi connectivity index (χ3n) is 4.55. The molecule has 0 unspecified atom stereocenters. The monoisotopic (exact) mass is 479 g/mol. The molecule has 0 saturated carbocycles. The molecule has 22 heavy (non-hydrogen) atoms. The normalized spacial score (nSPS) is 20.3. The van der Waals surface area contributed by atoms with E-state index in [0.717, 1.165) is 56.1 Å². The maximum absolute atomic E-state index is 5.59. The second-order valence-electron chi connectivity index (χ2n) is 5.88. The SMILES string of the molecule is CN1CCN=C1NCC1(c2ccc(Br)cc2)CCOCC1.I. The summed E-state index contributed by atoms with van der Waals surface area (Å²) in [6.45, 7) is 4.49. The maximum atomic E-state index is 5.59. The van der Waals surface area contributed by atoms with E-state index in [1.54, 1.807) is 0 Å². The van der Waals surface area contributed by atoms with Crippen molar-refractivity contribution in [2.45, 2.75) is 18.3 Å². The minimum absolute atomic E-state index is 0. The predicted molar refractivity (Wildman–Crippen MR) is 104 cm³/mol. The molecule has 1 N–H and O–H groups in total. The highest BCUT2D eigenvalue weighted by Crippen LogP contribution is 2.35. The highest BCUT2D eigenvalue weighted by molar-refractivity contribution is 14.0. The molecule has 0 atom stereocenters. The molecule has 6 heteroatoms. The number of rotatable bonds is 3. The fourth-order valence-electron chi connectivity index (χ4n) is 3.10. The second kappa shape index (κ2) is 7.97. The van der Waals surface area contributed by atoms with Crippen molar-refractivity contribution in [2.75, 3.05) is 39.9 Å². The van der Waals surface area contributed by atoms with Gasteiger partial charge in [0.25, 0.3) is 0 Å². The minimum atomic E-state index is 0. The molecule has 0 amide bonds. The maximum Gasteiger partial charge on any atom is 0.193 e. The fraction of sp³-hybridized carbons (Fsp3) is 0.562. The number of hydrogen-bond donors (Lipinski definition) is 1. The molecule has 1 aromatic rings. The number of likely N-dealkylation sites (N-methyl/N-ethyl adjacent to an activating group) is 1. The van der Waals surface area contributed by atoms with E-state index in [9.17, 15) is 0 Å². The zero-order valence-electron chi connectivity index (χ0n) is 12.8. The van der Waals surface area contributed by atoms with Gasteiger partial charge in [-0.2, -0.15) is 0 Å². The molecule has 0 aromatic heterocycles. The Balaban J connectivity index is 0.00000176. The zero-order chi connectivity index (χ0) is 14.7. The van der Waals surface area contributed by atoms with Crippen LogP contribution in [0.3, 0.4) is 0 Å². The molecule has 0 radical (unpaired) electrons. The summed E-state index contributed by atoms with van der Waals surface area (Å²) in [6.07, 6.45) is 2.11. The molecule has 4 nitrogen and oxygen atoms in total. The van der Waals surface area contributed by atoms with Crippen molar-refractivity contribution in [1.29, 1.82) is 0 Å². The molecule has 2 aliphatic heterocycles. The average molecular weight is 480 g/mol. The lowest BCUT2D eigenvalue weighted by atomic mass is 9.74. The summed E-state index contributed by atoms with van der Waals surface area (Å²) in [5, 5.41) is 3.56. The van der Waals surface area contributed by atoms with Gasteiger partial charge in [0, 0.05) is 43.2 Å². The zero-order valence-corrected chi connectivity index (χ0v) is 16.8. The van der Waals surface area contributed by atoms with Crippen LogP contribution in [0.2, 0.25) is 0 Å². The van der Waals surface area contributed by atoms with E-state index in [1.807, 2.05) is 0 Å². The topological polar surface area (TPSA) is 36.9 Å². The number of halogens is 2. The first kappa shape index (κ1) is 18.0. The molecule has 2 heterocycles. The Morgan fingerprint density at radius 2 is 1.95 bits per heavy atom. The first-order chi connectivity index (χ1) is 10.2. The van der Waals surface area contributed by atoms with Gasteiger partial charge in [-0.25, -0.2) is 0 Å². The number of nitrogens with one attached hydrogen (secondary N) is 1. The van der Waals surface area contributed by atoms with Crippen molar-refractivity contribution in [3.05, 3.63) is 34.3 Å². The summed E-state index contributed by atoms with van der Waals surface area (Å²) >= 11 is 3.52. The summed E-state index contributed by atoms with van der Waals surface area (Å²) in [6, 6.07) is 8.73.